The quantitative estimate of drug-likeness (QED) is 0.455. The van der Waals surface area contributed by atoms with E-state index in [-0.39, 0.29) is 17.9 Å². The van der Waals surface area contributed by atoms with Crippen LogP contribution in [0.4, 0.5) is 0 Å². The average Bonchev–Trinajstić information content (AvgIpc) is 1.87. The van der Waals surface area contributed by atoms with Gasteiger partial charge in [0, 0.05) is 0 Å². The number of carbonyl (C=O) groups excluding carboxylic acids is 1. The molecule has 0 aliphatic carbocycles. The number of carbonyl (C=O) groups is 1. The highest BCUT2D eigenvalue weighted by atomic mass is 35.5. The molecule has 3 nitrogen and oxygen atoms in total. The predicted octanol–water partition coefficient (Wildman–Crippen LogP) is 0.138. The van der Waals surface area contributed by atoms with Crippen LogP contribution < -0.4 is 0 Å². The minimum absolute atomic E-state index is 0.00116. The first kappa shape index (κ1) is 4.59. The zero-order valence-electron chi connectivity index (χ0n) is 3.35. The monoisotopic (exact) mass is 119 g/mol. The first-order valence-corrected chi connectivity index (χ1v) is 2.06. The summed E-state index contributed by atoms with van der Waals surface area (Å²) in [6.07, 6.45) is 0. The van der Waals surface area contributed by atoms with E-state index in [1.165, 1.54) is 0 Å². The van der Waals surface area contributed by atoms with E-state index in [1.807, 2.05) is 0 Å². The normalized spacial score (nSPS) is 19.0. The molecule has 0 aromatic carbocycles. The third-order valence-electron chi connectivity index (χ3n) is 0.527. The average molecular weight is 120 g/mol. The lowest BCUT2D eigenvalue weighted by Crippen LogP contribution is -1.93. The molecule has 0 spiro atoms. The fraction of sp³-hybridized carbons (Fsp3) is 0.333. The molecule has 0 N–H and O–H groups in total. The highest BCUT2D eigenvalue weighted by molar-refractivity contribution is 6.64. The molecule has 0 saturated carbocycles. The van der Waals surface area contributed by atoms with E-state index in [9.17, 15) is 4.79 Å². The second-order valence-electron chi connectivity index (χ2n) is 1.05. The number of ether oxygens (including phenoxy) is 1. The highest BCUT2D eigenvalue weighted by Crippen LogP contribution is 1.97. The molecule has 0 saturated heterocycles. The summed E-state index contributed by atoms with van der Waals surface area (Å²) in [5, 5.41) is -0.0509. The second kappa shape index (κ2) is 1.50. The molecule has 0 bridgehead atoms. The topological polar surface area (TPSA) is 38.7 Å². The first-order chi connectivity index (χ1) is 3.29. The summed E-state index contributed by atoms with van der Waals surface area (Å²) in [5.41, 5.74) is 0. The molecular formula is C3H2ClNO2. The van der Waals surface area contributed by atoms with Gasteiger partial charge in [0.25, 0.3) is 11.3 Å². The zero-order chi connectivity index (χ0) is 5.28. The lowest BCUT2D eigenvalue weighted by molar-refractivity contribution is -0.118. The van der Waals surface area contributed by atoms with E-state index in [4.69, 9.17) is 11.6 Å². The van der Waals surface area contributed by atoms with Crippen molar-refractivity contribution in [3.05, 3.63) is 0 Å². The van der Waals surface area contributed by atoms with Gasteiger partial charge in [-0.15, -0.1) is 0 Å². The molecule has 1 amide bonds. The molecule has 1 aliphatic heterocycles. The number of hydrogen-bond donors (Lipinski definition) is 0. The maximum Gasteiger partial charge on any atom is 0.290 e. The first-order valence-electron chi connectivity index (χ1n) is 1.69. The van der Waals surface area contributed by atoms with Gasteiger partial charge in [-0.1, -0.05) is 0 Å². The number of rotatable bonds is 0. The lowest BCUT2D eigenvalue weighted by atomic mass is 10.7. The summed E-state index contributed by atoms with van der Waals surface area (Å²) in [4.78, 5) is 13.3. The van der Waals surface area contributed by atoms with Gasteiger partial charge in [-0.2, -0.15) is 4.99 Å². The Hall–Kier alpha value is -0.570. The van der Waals surface area contributed by atoms with E-state index in [0.717, 1.165) is 0 Å². The van der Waals surface area contributed by atoms with Crippen molar-refractivity contribution >= 4 is 22.9 Å². The predicted molar refractivity (Wildman–Crippen MR) is 24.2 cm³/mol. The van der Waals surface area contributed by atoms with E-state index < -0.39 is 0 Å². The molecule has 0 aromatic heterocycles. The van der Waals surface area contributed by atoms with Crippen molar-refractivity contribution in [2.75, 3.05) is 6.61 Å². The van der Waals surface area contributed by atoms with E-state index in [1.54, 1.807) is 0 Å². The van der Waals surface area contributed by atoms with Crippen molar-refractivity contribution in [1.29, 1.82) is 0 Å². The molecule has 4 heteroatoms. The Kier molecular flexibility index (Phi) is 0.982. The van der Waals surface area contributed by atoms with Crippen molar-refractivity contribution in [2.45, 2.75) is 0 Å². The molecule has 38 valence electrons. The van der Waals surface area contributed by atoms with Gasteiger partial charge >= 0.3 is 0 Å². The molecule has 0 fully saturated rings. The molecule has 7 heavy (non-hydrogen) atoms. The van der Waals surface area contributed by atoms with Crippen molar-refractivity contribution in [2.24, 2.45) is 4.99 Å². The Morgan fingerprint density at radius 1 is 1.86 bits per heavy atom. The minimum Gasteiger partial charge on any atom is -0.459 e. The van der Waals surface area contributed by atoms with Crippen LogP contribution in [0.3, 0.4) is 0 Å². The summed E-state index contributed by atoms with van der Waals surface area (Å²) >= 11 is 5.11. The smallest absolute Gasteiger partial charge is 0.290 e. The fourth-order valence-corrected chi connectivity index (χ4v) is 0.433. The zero-order valence-corrected chi connectivity index (χ0v) is 4.10. The Morgan fingerprint density at radius 3 is 2.71 bits per heavy atom. The summed E-state index contributed by atoms with van der Waals surface area (Å²) in [7, 11) is 0. The lowest BCUT2D eigenvalue weighted by Gasteiger charge is -1.81. The molecule has 0 atom stereocenters. The number of halogens is 1. The summed E-state index contributed by atoms with van der Waals surface area (Å²) in [6.45, 7) is -0.00116. The molecule has 1 heterocycles. The summed E-state index contributed by atoms with van der Waals surface area (Å²) in [6, 6.07) is 0. The third kappa shape index (κ3) is 0.899. The SMILES string of the molecule is O=C1COC(Cl)=N1. The largest absolute Gasteiger partial charge is 0.459 e. The highest BCUT2D eigenvalue weighted by Gasteiger charge is 2.10. The number of aliphatic imine (C=N–C) groups is 1. The van der Waals surface area contributed by atoms with Gasteiger partial charge in [-0.3, -0.25) is 4.79 Å². The van der Waals surface area contributed by atoms with Crippen LogP contribution in [0.2, 0.25) is 0 Å². The van der Waals surface area contributed by atoms with Crippen molar-refractivity contribution in [3.8, 4) is 0 Å². The van der Waals surface area contributed by atoms with E-state index >= 15 is 0 Å². The Bertz CT molecular complexity index is 131. The van der Waals surface area contributed by atoms with Gasteiger partial charge in [0.1, 0.15) is 0 Å². The van der Waals surface area contributed by atoms with Crippen LogP contribution in [-0.2, 0) is 9.53 Å². The number of amides is 1. The Morgan fingerprint density at radius 2 is 2.57 bits per heavy atom. The molecule has 1 rings (SSSR count). The molecular weight excluding hydrogens is 117 g/mol. The van der Waals surface area contributed by atoms with Gasteiger partial charge in [0.15, 0.2) is 6.61 Å². The van der Waals surface area contributed by atoms with Gasteiger partial charge in [0.05, 0.1) is 0 Å². The summed E-state index contributed by atoms with van der Waals surface area (Å²) < 4.78 is 4.43. The van der Waals surface area contributed by atoms with Gasteiger partial charge < -0.3 is 4.74 Å². The van der Waals surface area contributed by atoms with Gasteiger partial charge in [-0.05, 0) is 11.6 Å². The number of nitrogens with zero attached hydrogens (tertiary/aromatic N) is 1. The van der Waals surface area contributed by atoms with Crippen LogP contribution in [0.5, 0.6) is 0 Å². The standard InChI is InChI=1S/C3H2ClNO2/c4-3-5-2(6)1-7-3/h1H2. The second-order valence-corrected chi connectivity index (χ2v) is 1.37. The van der Waals surface area contributed by atoms with Crippen LogP contribution in [0.15, 0.2) is 4.99 Å². The van der Waals surface area contributed by atoms with E-state index in [2.05, 4.69) is 9.73 Å². The molecule has 1 aliphatic rings. The third-order valence-corrected chi connectivity index (χ3v) is 0.721. The fourth-order valence-electron chi connectivity index (χ4n) is 0.284. The van der Waals surface area contributed by atoms with Crippen molar-refractivity contribution in [1.82, 2.24) is 0 Å². The molecule has 0 unspecified atom stereocenters. The maximum atomic E-state index is 10.1. The van der Waals surface area contributed by atoms with Gasteiger partial charge in [0.2, 0.25) is 0 Å². The molecule has 0 aromatic rings. The van der Waals surface area contributed by atoms with Gasteiger partial charge in [-0.25, -0.2) is 0 Å². The van der Waals surface area contributed by atoms with Crippen LogP contribution in [0.25, 0.3) is 0 Å². The Balaban J connectivity index is 2.67. The number of hydrogen-bond acceptors (Lipinski definition) is 2. The van der Waals surface area contributed by atoms with E-state index in [0.29, 0.717) is 0 Å². The maximum absolute atomic E-state index is 10.1. The van der Waals surface area contributed by atoms with Crippen molar-refractivity contribution < 1.29 is 9.53 Å². The van der Waals surface area contributed by atoms with Crippen LogP contribution >= 0.6 is 11.6 Å². The van der Waals surface area contributed by atoms with Crippen LogP contribution in [0, 0.1) is 0 Å². The van der Waals surface area contributed by atoms with Crippen molar-refractivity contribution in [3.63, 3.8) is 0 Å². The van der Waals surface area contributed by atoms with Crippen LogP contribution in [0.1, 0.15) is 0 Å². The Labute approximate surface area is 44.9 Å². The summed E-state index contributed by atoms with van der Waals surface area (Å²) in [5.74, 6) is -0.315. The molecule has 0 radical (unpaired) electrons. The minimum atomic E-state index is -0.315. The van der Waals surface area contributed by atoms with Crippen LogP contribution in [-0.4, -0.2) is 17.9 Å².